The highest BCUT2D eigenvalue weighted by Crippen LogP contribution is 2.32. The molecule has 2 nitrogen and oxygen atoms in total. The molecular weight excluding hydrogens is 217 g/mol. The number of benzene rings is 1. The Hall–Kier alpha value is -0.930. The molecule has 0 amide bonds. The number of rotatable bonds is 1. The number of halogens is 1. The van der Waals surface area contributed by atoms with E-state index in [0.29, 0.717) is 6.04 Å². The minimum absolute atomic E-state index is 0.0331. The first kappa shape index (κ1) is 11.2. The fourth-order valence-electron chi connectivity index (χ4n) is 2.92. The molecular formula is C14H18FNO. The highest BCUT2D eigenvalue weighted by molar-refractivity contribution is 5.32. The van der Waals surface area contributed by atoms with Crippen molar-refractivity contribution < 1.29 is 9.13 Å². The fourth-order valence-corrected chi connectivity index (χ4v) is 2.92. The summed E-state index contributed by atoms with van der Waals surface area (Å²) >= 11 is 0. The van der Waals surface area contributed by atoms with Crippen molar-refractivity contribution in [2.75, 3.05) is 13.2 Å². The number of aryl methyl sites for hydroxylation is 1. The number of nitrogens with one attached hydrogen (secondary N) is 1. The highest BCUT2D eigenvalue weighted by Gasteiger charge is 2.29. The molecule has 2 aliphatic heterocycles. The van der Waals surface area contributed by atoms with Crippen molar-refractivity contribution in [2.45, 2.75) is 37.8 Å². The number of hydrogen-bond donors (Lipinski definition) is 1. The molecule has 1 N–H and O–H groups in total. The average Bonchev–Trinajstić information content (AvgIpc) is 2.77. The van der Waals surface area contributed by atoms with E-state index in [9.17, 15) is 4.39 Å². The number of hydrogen-bond acceptors (Lipinski definition) is 2. The average molecular weight is 235 g/mol. The lowest BCUT2D eigenvalue weighted by Crippen LogP contribution is -2.30. The molecule has 1 saturated heterocycles. The van der Waals surface area contributed by atoms with E-state index in [1.165, 1.54) is 12.0 Å². The Morgan fingerprint density at radius 2 is 2.24 bits per heavy atom. The minimum Gasteiger partial charge on any atom is -0.372 e. The molecule has 92 valence electrons. The van der Waals surface area contributed by atoms with E-state index in [-0.39, 0.29) is 11.9 Å². The number of fused-ring (bicyclic) bond motifs is 1. The van der Waals surface area contributed by atoms with Crippen molar-refractivity contribution in [3.05, 3.63) is 35.1 Å². The highest BCUT2D eigenvalue weighted by atomic mass is 19.1. The van der Waals surface area contributed by atoms with Gasteiger partial charge in [0.15, 0.2) is 0 Å². The summed E-state index contributed by atoms with van der Waals surface area (Å²) in [6.45, 7) is 1.83. The molecule has 3 rings (SSSR count). The maximum absolute atomic E-state index is 13.4. The molecule has 1 unspecified atom stereocenters. The molecule has 0 bridgehead atoms. The molecule has 2 atom stereocenters. The van der Waals surface area contributed by atoms with Gasteiger partial charge in [0.05, 0.1) is 6.10 Å². The molecule has 1 fully saturated rings. The van der Waals surface area contributed by atoms with Crippen LogP contribution in [0, 0.1) is 5.82 Å². The first-order chi connectivity index (χ1) is 8.34. The van der Waals surface area contributed by atoms with Crippen LogP contribution >= 0.6 is 0 Å². The molecule has 3 heteroatoms. The fraction of sp³-hybridized carbons (Fsp3) is 0.571. The second-order valence-electron chi connectivity index (χ2n) is 4.94. The Kier molecular flexibility index (Phi) is 3.12. The van der Waals surface area contributed by atoms with Crippen molar-refractivity contribution in [3.8, 4) is 0 Å². The van der Waals surface area contributed by atoms with Gasteiger partial charge in [0, 0.05) is 12.6 Å². The zero-order chi connectivity index (χ0) is 11.7. The third-order valence-corrected chi connectivity index (χ3v) is 3.77. The first-order valence-electron chi connectivity index (χ1n) is 6.48. The van der Waals surface area contributed by atoms with Gasteiger partial charge in [-0.3, -0.25) is 0 Å². The first-order valence-corrected chi connectivity index (χ1v) is 6.48. The molecule has 0 aliphatic carbocycles. The van der Waals surface area contributed by atoms with E-state index in [1.54, 1.807) is 12.1 Å². The molecule has 17 heavy (non-hydrogen) atoms. The summed E-state index contributed by atoms with van der Waals surface area (Å²) < 4.78 is 19.4. The Balaban J connectivity index is 1.96. The number of ether oxygens (including phenoxy) is 1. The van der Waals surface area contributed by atoms with Crippen molar-refractivity contribution >= 4 is 0 Å². The van der Waals surface area contributed by atoms with Crippen LogP contribution in [0.25, 0.3) is 0 Å². The van der Waals surface area contributed by atoms with Crippen molar-refractivity contribution in [3.63, 3.8) is 0 Å². The van der Waals surface area contributed by atoms with E-state index < -0.39 is 0 Å². The van der Waals surface area contributed by atoms with Crippen LogP contribution in [0.2, 0.25) is 0 Å². The zero-order valence-electron chi connectivity index (χ0n) is 9.92. The molecule has 2 aliphatic rings. The van der Waals surface area contributed by atoms with Crippen LogP contribution in [0.1, 0.15) is 36.5 Å². The predicted molar refractivity (Wildman–Crippen MR) is 64.4 cm³/mol. The maximum atomic E-state index is 13.4. The summed E-state index contributed by atoms with van der Waals surface area (Å²) in [5.41, 5.74) is 2.31. The van der Waals surface area contributed by atoms with Crippen LogP contribution in [0.4, 0.5) is 4.39 Å². The van der Waals surface area contributed by atoms with Crippen LogP contribution in [0.15, 0.2) is 18.2 Å². The summed E-state index contributed by atoms with van der Waals surface area (Å²) in [5.74, 6) is -0.155. The standard InChI is InChI=1S/C14H18FNO/c15-11-6-5-10-3-2-8-17-14(12(10)9-11)13-4-1-7-16-13/h5-6,9,13-14,16H,1-4,7-8H2/t13?,14-/m0/s1. The molecule has 0 spiro atoms. The van der Waals surface area contributed by atoms with Gasteiger partial charge in [-0.25, -0.2) is 4.39 Å². The second kappa shape index (κ2) is 4.75. The van der Waals surface area contributed by atoms with Crippen molar-refractivity contribution in [1.29, 1.82) is 0 Å². The summed E-state index contributed by atoms with van der Waals surface area (Å²) in [4.78, 5) is 0. The van der Waals surface area contributed by atoms with Gasteiger partial charge in [-0.2, -0.15) is 0 Å². The van der Waals surface area contributed by atoms with E-state index in [2.05, 4.69) is 5.32 Å². The van der Waals surface area contributed by atoms with Gasteiger partial charge < -0.3 is 10.1 Å². The molecule has 0 radical (unpaired) electrons. The van der Waals surface area contributed by atoms with Gasteiger partial charge >= 0.3 is 0 Å². The summed E-state index contributed by atoms with van der Waals surface area (Å²) in [6, 6.07) is 5.49. The van der Waals surface area contributed by atoms with Crippen molar-refractivity contribution in [2.24, 2.45) is 0 Å². The lowest BCUT2D eigenvalue weighted by Gasteiger charge is -2.24. The van der Waals surface area contributed by atoms with Crippen LogP contribution < -0.4 is 5.32 Å². The van der Waals surface area contributed by atoms with Gasteiger partial charge in [-0.15, -0.1) is 0 Å². The summed E-state index contributed by atoms with van der Waals surface area (Å²) in [7, 11) is 0. The lowest BCUT2D eigenvalue weighted by molar-refractivity contribution is 0.0332. The third-order valence-electron chi connectivity index (χ3n) is 3.77. The van der Waals surface area contributed by atoms with Gasteiger partial charge in [-0.1, -0.05) is 6.07 Å². The maximum Gasteiger partial charge on any atom is 0.123 e. The van der Waals surface area contributed by atoms with Crippen molar-refractivity contribution in [1.82, 2.24) is 5.32 Å². The third kappa shape index (κ3) is 2.22. The predicted octanol–water partition coefficient (Wildman–Crippen LogP) is 2.58. The zero-order valence-corrected chi connectivity index (χ0v) is 9.92. The second-order valence-corrected chi connectivity index (χ2v) is 4.94. The normalized spacial score (nSPS) is 28.8. The smallest absolute Gasteiger partial charge is 0.123 e. The minimum atomic E-state index is -0.155. The Morgan fingerprint density at radius 1 is 1.29 bits per heavy atom. The quantitative estimate of drug-likeness (QED) is 0.807. The van der Waals surface area contributed by atoms with E-state index in [1.807, 2.05) is 6.07 Å². The molecule has 0 saturated carbocycles. The largest absolute Gasteiger partial charge is 0.372 e. The van der Waals surface area contributed by atoms with Crippen LogP contribution in [0.3, 0.4) is 0 Å². The van der Waals surface area contributed by atoms with Gasteiger partial charge in [-0.05, 0) is 55.5 Å². The van der Waals surface area contributed by atoms with Gasteiger partial charge in [0.2, 0.25) is 0 Å². The summed E-state index contributed by atoms with van der Waals surface area (Å²) in [5, 5.41) is 3.47. The molecule has 2 heterocycles. The topological polar surface area (TPSA) is 21.3 Å². The van der Waals surface area contributed by atoms with Gasteiger partial charge in [0.25, 0.3) is 0 Å². The summed E-state index contributed by atoms with van der Waals surface area (Å²) in [6.07, 6.45) is 4.38. The molecule has 0 aromatic heterocycles. The Morgan fingerprint density at radius 3 is 3.06 bits per heavy atom. The van der Waals surface area contributed by atoms with E-state index >= 15 is 0 Å². The lowest BCUT2D eigenvalue weighted by atomic mass is 9.95. The van der Waals surface area contributed by atoms with Crippen LogP contribution in [-0.4, -0.2) is 19.2 Å². The van der Waals surface area contributed by atoms with Gasteiger partial charge in [0.1, 0.15) is 5.82 Å². The van der Waals surface area contributed by atoms with Crippen LogP contribution in [0.5, 0.6) is 0 Å². The Bertz CT molecular complexity index is 401. The molecule has 1 aromatic rings. The van der Waals surface area contributed by atoms with E-state index in [0.717, 1.165) is 38.0 Å². The van der Waals surface area contributed by atoms with Crippen LogP contribution in [-0.2, 0) is 11.2 Å². The Labute approximate surface area is 101 Å². The molecule has 1 aromatic carbocycles. The SMILES string of the molecule is Fc1ccc2c(c1)[C@@H](C1CCCN1)OCCC2. The van der Waals surface area contributed by atoms with E-state index in [4.69, 9.17) is 4.74 Å². The monoisotopic (exact) mass is 235 g/mol.